The van der Waals surface area contributed by atoms with E-state index in [1.165, 1.54) is 27.8 Å². The maximum absolute atomic E-state index is 9.59. The molecular formula is C20H23N3OS. The van der Waals surface area contributed by atoms with Gasteiger partial charge in [0.15, 0.2) is 0 Å². The molecule has 4 nitrogen and oxygen atoms in total. The van der Waals surface area contributed by atoms with Crippen LogP contribution in [0.2, 0.25) is 0 Å². The second-order valence-electron chi connectivity index (χ2n) is 6.86. The number of fused-ring (bicyclic) bond motifs is 3. The normalized spacial score (nSPS) is 16.8. The van der Waals surface area contributed by atoms with E-state index in [4.69, 9.17) is 0 Å². The summed E-state index contributed by atoms with van der Waals surface area (Å²) >= 11 is 1.82. The highest BCUT2D eigenvalue weighted by molar-refractivity contribution is 7.19. The van der Waals surface area contributed by atoms with Gasteiger partial charge in [0.2, 0.25) is 0 Å². The summed E-state index contributed by atoms with van der Waals surface area (Å²) in [5.41, 5.74) is 2.66. The molecule has 130 valence electrons. The molecule has 0 saturated heterocycles. The highest BCUT2D eigenvalue weighted by Gasteiger charge is 2.24. The Kier molecular flexibility index (Phi) is 4.68. The summed E-state index contributed by atoms with van der Waals surface area (Å²) in [4.78, 5) is 13.9. The van der Waals surface area contributed by atoms with Crippen LogP contribution in [0.25, 0.3) is 10.2 Å². The molecule has 1 aliphatic carbocycles. The standard InChI is InChI=1S/C20H23N3OS/c1-14-7-8-16-17(11-14)25-20-18(16)19(21-13-22-20)23(9-10-24)12-15-5-3-2-4-6-15/h2-6,13-14,24H,7-12H2,1H3/t14-/m1/s1. The summed E-state index contributed by atoms with van der Waals surface area (Å²) in [6.07, 6.45) is 5.15. The minimum absolute atomic E-state index is 0.113. The molecule has 0 amide bonds. The molecule has 3 aromatic rings. The second kappa shape index (κ2) is 7.10. The van der Waals surface area contributed by atoms with Gasteiger partial charge in [-0.2, -0.15) is 0 Å². The van der Waals surface area contributed by atoms with Crippen LogP contribution in [0.15, 0.2) is 36.7 Å². The molecule has 0 saturated carbocycles. The molecular weight excluding hydrogens is 330 g/mol. The van der Waals surface area contributed by atoms with Crippen molar-refractivity contribution in [3.8, 4) is 0 Å². The maximum Gasteiger partial charge on any atom is 0.141 e. The van der Waals surface area contributed by atoms with Gasteiger partial charge in [0.25, 0.3) is 0 Å². The van der Waals surface area contributed by atoms with Gasteiger partial charge in [-0.25, -0.2) is 9.97 Å². The van der Waals surface area contributed by atoms with Crippen molar-refractivity contribution in [3.05, 3.63) is 52.7 Å². The summed E-state index contributed by atoms with van der Waals surface area (Å²) in [7, 11) is 0. The largest absolute Gasteiger partial charge is 0.395 e. The Bertz CT molecular complexity index is 862. The van der Waals surface area contributed by atoms with Crippen LogP contribution in [0.1, 0.15) is 29.3 Å². The summed E-state index contributed by atoms with van der Waals surface area (Å²) in [6.45, 7) is 3.76. The Balaban J connectivity index is 1.78. The Labute approximate surface area is 152 Å². The van der Waals surface area contributed by atoms with Gasteiger partial charge in [-0.3, -0.25) is 0 Å². The van der Waals surface area contributed by atoms with Crippen LogP contribution in [-0.4, -0.2) is 28.2 Å². The van der Waals surface area contributed by atoms with Crippen LogP contribution in [-0.2, 0) is 19.4 Å². The number of aliphatic hydroxyl groups excluding tert-OH is 1. The van der Waals surface area contributed by atoms with E-state index >= 15 is 0 Å². The average Bonchev–Trinajstić information content (AvgIpc) is 2.99. The molecule has 2 aromatic heterocycles. The lowest BCUT2D eigenvalue weighted by Gasteiger charge is -2.25. The highest BCUT2D eigenvalue weighted by Crippen LogP contribution is 2.40. The molecule has 2 heterocycles. The fourth-order valence-corrected chi connectivity index (χ4v) is 5.03. The van der Waals surface area contributed by atoms with Crippen LogP contribution in [0, 0.1) is 5.92 Å². The third kappa shape index (κ3) is 3.26. The predicted octanol–water partition coefficient (Wildman–Crippen LogP) is 3.82. The summed E-state index contributed by atoms with van der Waals surface area (Å²) in [5.74, 6) is 1.71. The zero-order valence-corrected chi connectivity index (χ0v) is 15.3. The van der Waals surface area contributed by atoms with Gasteiger partial charge >= 0.3 is 0 Å². The fraction of sp³-hybridized carbons (Fsp3) is 0.400. The van der Waals surface area contributed by atoms with Crippen molar-refractivity contribution < 1.29 is 5.11 Å². The predicted molar refractivity (Wildman–Crippen MR) is 103 cm³/mol. The minimum Gasteiger partial charge on any atom is -0.395 e. The molecule has 4 rings (SSSR count). The van der Waals surface area contributed by atoms with Crippen molar-refractivity contribution in [2.45, 2.75) is 32.7 Å². The van der Waals surface area contributed by atoms with Crippen molar-refractivity contribution in [2.24, 2.45) is 5.92 Å². The SMILES string of the molecule is C[C@@H]1CCc2c(sc3ncnc(N(CCO)Cc4ccccc4)c23)C1. The molecule has 5 heteroatoms. The molecule has 0 spiro atoms. The van der Waals surface area contributed by atoms with Gasteiger partial charge in [0.1, 0.15) is 17.0 Å². The van der Waals surface area contributed by atoms with Crippen molar-refractivity contribution in [1.82, 2.24) is 9.97 Å². The molecule has 0 unspecified atom stereocenters. The first-order valence-electron chi connectivity index (χ1n) is 8.91. The van der Waals surface area contributed by atoms with Gasteiger partial charge in [-0.1, -0.05) is 37.3 Å². The summed E-state index contributed by atoms with van der Waals surface area (Å²) in [6, 6.07) is 10.4. The number of aliphatic hydroxyl groups is 1. The number of rotatable bonds is 5. The molecule has 0 bridgehead atoms. The van der Waals surface area contributed by atoms with E-state index in [9.17, 15) is 5.11 Å². The van der Waals surface area contributed by atoms with Gasteiger partial charge in [0.05, 0.1) is 12.0 Å². The first kappa shape index (κ1) is 16.5. The summed E-state index contributed by atoms with van der Waals surface area (Å²) in [5, 5.41) is 10.8. The van der Waals surface area contributed by atoms with E-state index in [2.05, 4.69) is 46.1 Å². The lowest BCUT2D eigenvalue weighted by molar-refractivity contribution is 0.301. The Morgan fingerprint density at radius 1 is 1.24 bits per heavy atom. The second-order valence-corrected chi connectivity index (χ2v) is 7.94. The zero-order chi connectivity index (χ0) is 17.2. The van der Waals surface area contributed by atoms with E-state index in [0.29, 0.717) is 6.54 Å². The van der Waals surface area contributed by atoms with Crippen LogP contribution in [0.5, 0.6) is 0 Å². The number of hydrogen-bond donors (Lipinski definition) is 1. The Hall–Kier alpha value is -1.98. The molecule has 0 aliphatic heterocycles. The molecule has 25 heavy (non-hydrogen) atoms. The van der Waals surface area contributed by atoms with Gasteiger partial charge in [0, 0.05) is 18.0 Å². The number of nitrogens with zero attached hydrogens (tertiary/aromatic N) is 3. The average molecular weight is 353 g/mol. The number of thiophene rings is 1. The van der Waals surface area contributed by atoms with Crippen molar-refractivity contribution in [3.63, 3.8) is 0 Å². The number of anilines is 1. The number of aryl methyl sites for hydroxylation is 1. The first-order valence-corrected chi connectivity index (χ1v) is 9.73. The van der Waals surface area contributed by atoms with E-state index in [-0.39, 0.29) is 6.61 Å². The third-order valence-corrected chi connectivity index (χ3v) is 6.12. The van der Waals surface area contributed by atoms with E-state index in [1.807, 2.05) is 17.4 Å². The molecule has 0 fully saturated rings. The monoisotopic (exact) mass is 353 g/mol. The maximum atomic E-state index is 9.59. The smallest absolute Gasteiger partial charge is 0.141 e. The van der Waals surface area contributed by atoms with Gasteiger partial charge in [-0.15, -0.1) is 11.3 Å². The van der Waals surface area contributed by atoms with E-state index < -0.39 is 0 Å². The lowest BCUT2D eigenvalue weighted by atomic mass is 9.89. The van der Waals surface area contributed by atoms with E-state index in [1.54, 1.807) is 6.33 Å². The van der Waals surface area contributed by atoms with Gasteiger partial charge in [-0.05, 0) is 36.3 Å². The number of aromatic nitrogens is 2. The molecule has 1 aromatic carbocycles. The van der Waals surface area contributed by atoms with Crippen molar-refractivity contribution in [1.29, 1.82) is 0 Å². The topological polar surface area (TPSA) is 49.2 Å². The number of hydrogen-bond acceptors (Lipinski definition) is 5. The Morgan fingerprint density at radius 3 is 2.88 bits per heavy atom. The lowest BCUT2D eigenvalue weighted by Crippen LogP contribution is -2.27. The zero-order valence-electron chi connectivity index (χ0n) is 14.5. The molecule has 1 N–H and O–H groups in total. The van der Waals surface area contributed by atoms with E-state index in [0.717, 1.165) is 36.0 Å². The third-order valence-electron chi connectivity index (χ3n) is 4.96. The molecule has 0 radical (unpaired) electrons. The minimum atomic E-state index is 0.113. The Morgan fingerprint density at radius 2 is 2.08 bits per heavy atom. The first-order chi connectivity index (χ1) is 12.3. The van der Waals surface area contributed by atoms with Crippen LogP contribution >= 0.6 is 11.3 Å². The van der Waals surface area contributed by atoms with Crippen LogP contribution < -0.4 is 4.90 Å². The highest BCUT2D eigenvalue weighted by atomic mass is 32.1. The fourth-order valence-electron chi connectivity index (χ4n) is 3.68. The molecule has 1 atom stereocenters. The molecule has 1 aliphatic rings. The van der Waals surface area contributed by atoms with Crippen LogP contribution in [0.4, 0.5) is 5.82 Å². The van der Waals surface area contributed by atoms with Crippen LogP contribution in [0.3, 0.4) is 0 Å². The quantitative estimate of drug-likeness (QED) is 0.758. The van der Waals surface area contributed by atoms with Crippen molar-refractivity contribution >= 4 is 27.4 Å². The summed E-state index contributed by atoms with van der Waals surface area (Å²) < 4.78 is 0. The van der Waals surface area contributed by atoms with Crippen molar-refractivity contribution in [2.75, 3.05) is 18.1 Å². The van der Waals surface area contributed by atoms with Gasteiger partial charge < -0.3 is 10.0 Å². The number of benzene rings is 1.